The molecule has 0 spiro atoms. The highest BCUT2D eigenvalue weighted by Gasteiger charge is 2.24. The molecule has 0 unspecified atom stereocenters. The van der Waals surface area contributed by atoms with Crippen molar-refractivity contribution < 1.29 is 5.11 Å². The molecule has 2 aromatic heterocycles. The molecule has 3 heterocycles. The van der Waals surface area contributed by atoms with E-state index in [2.05, 4.69) is 26.3 Å². The van der Waals surface area contributed by atoms with Gasteiger partial charge in [0.25, 0.3) is 0 Å². The second-order valence-corrected chi connectivity index (χ2v) is 5.38. The Balaban J connectivity index is 1.73. The van der Waals surface area contributed by atoms with Gasteiger partial charge in [0.05, 0.1) is 11.0 Å². The van der Waals surface area contributed by atoms with E-state index >= 15 is 0 Å². The smallest absolute Gasteiger partial charge is 0.171 e. The van der Waals surface area contributed by atoms with E-state index in [1.807, 2.05) is 0 Å². The van der Waals surface area contributed by atoms with Crippen LogP contribution in [0.15, 0.2) is 23.7 Å². The van der Waals surface area contributed by atoms with Crippen molar-refractivity contribution in [1.82, 2.24) is 14.9 Å². The van der Waals surface area contributed by atoms with Crippen molar-refractivity contribution in [2.45, 2.75) is 12.6 Å². The molecule has 6 heteroatoms. The van der Waals surface area contributed by atoms with Crippen molar-refractivity contribution in [2.75, 3.05) is 18.8 Å². The van der Waals surface area contributed by atoms with E-state index in [0.29, 0.717) is 11.6 Å². The van der Waals surface area contributed by atoms with Gasteiger partial charge in [-0.25, -0.2) is 9.97 Å². The van der Waals surface area contributed by atoms with Crippen LogP contribution in [-0.2, 0) is 6.54 Å². The van der Waals surface area contributed by atoms with Crippen LogP contribution in [0.5, 0.6) is 0 Å². The van der Waals surface area contributed by atoms with Crippen molar-refractivity contribution in [1.29, 1.82) is 0 Å². The number of nitrogen functional groups attached to an aromatic ring is 1. The number of thiophene rings is 1. The van der Waals surface area contributed by atoms with Crippen molar-refractivity contribution >= 4 is 17.2 Å². The first-order chi connectivity index (χ1) is 8.70. The fraction of sp³-hybridized carbons (Fsp3) is 0.333. The zero-order valence-corrected chi connectivity index (χ0v) is 10.6. The molecular formula is C12H14N4OS. The third kappa shape index (κ3) is 2.35. The quantitative estimate of drug-likeness (QED) is 0.862. The molecule has 0 radical (unpaired) electrons. The second kappa shape index (κ2) is 4.64. The summed E-state index contributed by atoms with van der Waals surface area (Å²) >= 11 is 1.62. The number of anilines is 1. The van der Waals surface area contributed by atoms with Gasteiger partial charge < -0.3 is 10.8 Å². The minimum atomic E-state index is -0.152. The monoisotopic (exact) mass is 262 g/mol. The summed E-state index contributed by atoms with van der Waals surface area (Å²) in [5.41, 5.74) is 6.88. The van der Waals surface area contributed by atoms with Gasteiger partial charge in [-0.05, 0) is 23.1 Å². The zero-order chi connectivity index (χ0) is 12.5. The van der Waals surface area contributed by atoms with Crippen molar-refractivity contribution in [3.05, 3.63) is 29.3 Å². The maximum atomic E-state index is 9.24. The number of hydrogen-bond donors (Lipinski definition) is 2. The van der Waals surface area contributed by atoms with Crippen LogP contribution in [0.4, 0.5) is 5.82 Å². The van der Waals surface area contributed by atoms with Gasteiger partial charge in [0, 0.05) is 25.8 Å². The topological polar surface area (TPSA) is 75.3 Å². The van der Waals surface area contributed by atoms with E-state index in [0.717, 1.165) is 24.5 Å². The Morgan fingerprint density at radius 2 is 2.33 bits per heavy atom. The molecule has 1 saturated heterocycles. The first-order valence-corrected chi connectivity index (χ1v) is 6.65. The third-order valence-corrected chi connectivity index (χ3v) is 3.87. The van der Waals surface area contributed by atoms with Crippen molar-refractivity contribution in [3.8, 4) is 10.7 Å². The molecule has 0 amide bonds. The minimum absolute atomic E-state index is 0.152. The summed E-state index contributed by atoms with van der Waals surface area (Å²) < 4.78 is 0. The van der Waals surface area contributed by atoms with Crippen LogP contribution >= 0.6 is 11.3 Å². The van der Waals surface area contributed by atoms with E-state index in [9.17, 15) is 5.11 Å². The minimum Gasteiger partial charge on any atom is -0.390 e. The summed E-state index contributed by atoms with van der Waals surface area (Å²) in [7, 11) is 0. The Labute approximate surface area is 109 Å². The highest BCUT2D eigenvalue weighted by molar-refractivity contribution is 7.13. The van der Waals surface area contributed by atoms with Gasteiger partial charge in [0.1, 0.15) is 5.82 Å². The summed E-state index contributed by atoms with van der Waals surface area (Å²) in [6.45, 7) is 2.40. The Hall–Kier alpha value is -1.50. The molecule has 1 fully saturated rings. The lowest BCUT2D eigenvalue weighted by molar-refractivity contribution is -0.00279. The summed E-state index contributed by atoms with van der Waals surface area (Å²) in [5, 5.41) is 11.3. The van der Waals surface area contributed by atoms with Gasteiger partial charge in [0.2, 0.25) is 0 Å². The fourth-order valence-electron chi connectivity index (χ4n) is 2.00. The second-order valence-electron chi connectivity index (χ2n) is 4.47. The predicted molar refractivity (Wildman–Crippen MR) is 71.0 cm³/mol. The van der Waals surface area contributed by atoms with Gasteiger partial charge in [0.15, 0.2) is 5.82 Å². The Morgan fingerprint density at radius 3 is 3.06 bits per heavy atom. The van der Waals surface area contributed by atoms with Gasteiger partial charge >= 0.3 is 0 Å². The number of aliphatic hydroxyl groups excluding tert-OH is 1. The molecule has 0 aliphatic carbocycles. The Morgan fingerprint density at radius 1 is 1.50 bits per heavy atom. The fourth-order valence-corrected chi connectivity index (χ4v) is 2.84. The normalized spacial score (nSPS) is 16.7. The lowest BCUT2D eigenvalue weighted by Crippen LogP contribution is -2.49. The molecule has 5 nitrogen and oxygen atoms in total. The van der Waals surface area contributed by atoms with E-state index in [4.69, 9.17) is 5.73 Å². The molecule has 3 rings (SSSR count). The zero-order valence-electron chi connectivity index (χ0n) is 9.78. The first-order valence-electron chi connectivity index (χ1n) is 5.77. The SMILES string of the molecule is Nc1ccnc(-c2cc(CN3CC(O)C3)cs2)n1. The molecule has 2 aromatic rings. The van der Waals surface area contributed by atoms with Crippen LogP contribution in [0.2, 0.25) is 0 Å². The average molecular weight is 262 g/mol. The molecule has 18 heavy (non-hydrogen) atoms. The number of β-amino-alcohol motifs (C(OH)–C–C–N with tert-alkyl or cyclic N) is 1. The maximum Gasteiger partial charge on any atom is 0.171 e. The van der Waals surface area contributed by atoms with E-state index in [1.54, 1.807) is 23.6 Å². The lowest BCUT2D eigenvalue weighted by Gasteiger charge is -2.35. The first kappa shape index (κ1) is 11.6. The molecular weight excluding hydrogens is 248 g/mol. The molecule has 94 valence electrons. The van der Waals surface area contributed by atoms with Crippen LogP contribution in [0.25, 0.3) is 10.7 Å². The highest BCUT2D eigenvalue weighted by atomic mass is 32.1. The molecule has 3 N–H and O–H groups in total. The number of aliphatic hydroxyl groups is 1. The number of rotatable bonds is 3. The van der Waals surface area contributed by atoms with E-state index in [-0.39, 0.29) is 6.10 Å². The Bertz CT molecular complexity index is 551. The van der Waals surface area contributed by atoms with E-state index < -0.39 is 0 Å². The number of nitrogens with zero attached hydrogens (tertiary/aromatic N) is 3. The summed E-state index contributed by atoms with van der Waals surface area (Å²) in [5.74, 6) is 1.16. The lowest BCUT2D eigenvalue weighted by atomic mass is 10.1. The molecule has 0 saturated carbocycles. The highest BCUT2D eigenvalue weighted by Crippen LogP contribution is 2.26. The molecule has 1 aliphatic rings. The van der Waals surface area contributed by atoms with Crippen molar-refractivity contribution in [3.63, 3.8) is 0 Å². The van der Waals surface area contributed by atoms with Crippen LogP contribution < -0.4 is 5.73 Å². The predicted octanol–water partition coefficient (Wildman–Crippen LogP) is 0.964. The summed E-state index contributed by atoms with van der Waals surface area (Å²) in [6.07, 6.45) is 1.52. The summed E-state index contributed by atoms with van der Waals surface area (Å²) in [6, 6.07) is 3.77. The van der Waals surface area contributed by atoms with Crippen LogP contribution in [-0.4, -0.2) is 39.2 Å². The van der Waals surface area contributed by atoms with Gasteiger partial charge in [-0.2, -0.15) is 0 Å². The maximum absolute atomic E-state index is 9.24. The molecule has 0 bridgehead atoms. The van der Waals surface area contributed by atoms with Crippen LogP contribution in [0.3, 0.4) is 0 Å². The number of nitrogens with two attached hydrogens (primary N) is 1. The van der Waals surface area contributed by atoms with Gasteiger partial charge in [-0.3, -0.25) is 4.90 Å². The average Bonchev–Trinajstić information content (AvgIpc) is 2.76. The summed E-state index contributed by atoms with van der Waals surface area (Å²) in [4.78, 5) is 11.7. The molecule has 0 aromatic carbocycles. The van der Waals surface area contributed by atoms with Gasteiger partial charge in [-0.15, -0.1) is 11.3 Å². The molecule has 1 aliphatic heterocycles. The number of likely N-dealkylation sites (tertiary alicyclic amines) is 1. The standard InChI is InChI=1S/C12H14N4OS/c13-11-1-2-14-12(15-11)10-3-8(7-18-10)4-16-5-9(17)6-16/h1-3,7,9,17H,4-6H2,(H2,13,14,15). The van der Waals surface area contributed by atoms with E-state index in [1.165, 1.54) is 5.56 Å². The van der Waals surface area contributed by atoms with Crippen LogP contribution in [0.1, 0.15) is 5.56 Å². The van der Waals surface area contributed by atoms with Crippen molar-refractivity contribution in [2.24, 2.45) is 0 Å². The third-order valence-electron chi connectivity index (χ3n) is 2.90. The molecule has 0 atom stereocenters. The Kier molecular flexibility index (Phi) is 2.99. The number of hydrogen-bond acceptors (Lipinski definition) is 6. The van der Waals surface area contributed by atoms with Gasteiger partial charge in [-0.1, -0.05) is 0 Å². The number of aromatic nitrogens is 2. The largest absolute Gasteiger partial charge is 0.390 e. The van der Waals surface area contributed by atoms with Crippen LogP contribution in [0, 0.1) is 0 Å².